The molecule has 4 heteroatoms. The zero-order chi connectivity index (χ0) is 24.5. The molecule has 0 spiro atoms. The SMILES string of the molecule is Cl.Cl.[SiH2]=[Zr]([C]1=CC(c2ccccc2)=CC1)([C]1=CC(c2ccccc2)=CC1)([c]1ccccc1)[c]1ccccc1. The third-order valence-corrected chi connectivity index (χ3v) is 35.0. The maximum atomic E-state index is 2.55. The zero-order valence-corrected chi connectivity index (χ0v) is 26.8. The van der Waals surface area contributed by atoms with Gasteiger partial charge in [-0.3, -0.25) is 0 Å². The number of hydrogen-bond donors (Lipinski definition) is 0. The van der Waals surface area contributed by atoms with Gasteiger partial charge in [-0.2, -0.15) is 0 Å². The monoisotopic (exact) mass is 628 g/mol. The predicted octanol–water partition coefficient (Wildman–Crippen LogP) is 7.46. The molecule has 0 nitrogen and oxygen atoms in total. The van der Waals surface area contributed by atoms with Crippen LogP contribution >= 0.6 is 24.8 Å². The summed E-state index contributed by atoms with van der Waals surface area (Å²) in [7, 11) is 0. The minimum atomic E-state index is -4.19. The molecule has 0 fully saturated rings. The first-order valence-electron chi connectivity index (χ1n) is 12.8. The zero-order valence-electron chi connectivity index (χ0n) is 21.3. The molecule has 4 aromatic rings. The Kier molecular flexibility index (Phi) is 8.80. The molecule has 0 heterocycles. The molecule has 0 saturated heterocycles. The maximum absolute atomic E-state index is 4.19. The van der Waals surface area contributed by atoms with E-state index in [0.717, 1.165) is 12.8 Å². The summed E-state index contributed by atoms with van der Waals surface area (Å²) < 4.78 is 6.35. The Bertz CT molecular complexity index is 1480. The van der Waals surface area contributed by atoms with Crippen molar-refractivity contribution in [2.24, 2.45) is 0 Å². The van der Waals surface area contributed by atoms with Crippen molar-refractivity contribution < 1.29 is 17.4 Å². The Hall–Kier alpha value is -2.48. The first-order valence-corrected chi connectivity index (χ1v) is 23.6. The number of rotatable bonds is 6. The van der Waals surface area contributed by atoms with Gasteiger partial charge in [-0.25, -0.2) is 0 Å². The molecule has 190 valence electrons. The third kappa shape index (κ3) is 4.63. The van der Waals surface area contributed by atoms with Crippen molar-refractivity contribution in [1.29, 1.82) is 0 Å². The van der Waals surface area contributed by atoms with Gasteiger partial charge in [-0.05, 0) is 0 Å². The fourth-order valence-electron chi connectivity index (χ4n) is 6.21. The average molecular weight is 631 g/mol. The molecule has 0 aromatic heterocycles. The molecule has 2 aliphatic rings. The Morgan fingerprint density at radius 2 is 0.763 bits per heavy atom. The van der Waals surface area contributed by atoms with E-state index in [0.29, 0.717) is 0 Å². The second-order valence-corrected chi connectivity index (χ2v) is 31.5. The van der Waals surface area contributed by atoms with Crippen LogP contribution in [-0.4, -0.2) is 6.88 Å². The molecule has 0 bridgehead atoms. The molecule has 0 atom stereocenters. The Morgan fingerprint density at radius 1 is 0.447 bits per heavy atom. The number of allylic oxidation sites excluding steroid dienone is 8. The van der Waals surface area contributed by atoms with Crippen LogP contribution in [0.5, 0.6) is 0 Å². The summed E-state index contributed by atoms with van der Waals surface area (Å²) in [4.78, 5) is 0. The molecule has 0 amide bonds. The van der Waals surface area contributed by atoms with Crippen LogP contribution in [0, 0.1) is 0 Å². The number of benzene rings is 4. The minimum absolute atomic E-state index is 0. The summed E-state index contributed by atoms with van der Waals surface area (Å²) in [6, 6.07) is 44.6. The van der Waals surface area contributed by atoms with Crippen molar-refractivity contribution in [3.8, 4) is 0 Å². The second-order valence-electron chi connectivity index (χ2n) is 9.99. The van der Waals surface area contributed by atoms with Crippen LogP contribution in [-0.2, 0) is 17.4 Å². The van der Waals surface area contributed by atoms with E-state index in [-0.39, 0.29) is 24.8 Å². The van der Waals surface area contributed by atoms with Gasteiger partial charge in [0, 0.05) is 0 Å². The van der Waals surface area contributed by atoms with Gasteiger partial charge in [0.25, 0.3) is 0 Å². The van der Waals surface area contributed by atoms with Gasteiger partial charge >= 0.3 is 218 Å². The predicted molar refractivity (Wildman–Crippen MR) is 169 cm³/mol. The summed E-state index contributed by atoms with van der Waals surface area (Å²) in [5, 5.41) is 0. The van der Waals surface area contributed by atoms with Crippen LogP contribution in [0.3, 0.4) is 0 Å². The molecule has 2 aliphatic carbocycles. The molecule has 0 N–H and O–H groups in total. The van der Waals surface area contributed by atoms with Crippen LogP contribution in [0.1, 0.15) is 24.0 Å². The standard InChI is InChI=1S/2C11H9.2C6H5.2ClH.H2Si.Zr/c2*1-2-6-10(7-3-1)11-8-4-5-9-11;2*1-2-4-6-5-3-1;;;;/h2*1-3,6-9H,4H2;2*1-5H;2*1H;1H2;. The van der Waals surface area contributed by atoms with E-state index in [1.165, 1.54) is 28.8 Å². The van der Waals surface area contributed by atoms with Crippen LogP contribution in [0.15, 0.2) is 152 Å². The van der Waals surface area contributed by atoms with E-state index in [9.17, 15) is 0 Å². The van der Waals surface area contributed by atoms with Crippen molar-refractivity contribution >= 4 is 49.4 Å². The van der Waals surface area contributed by atoms with E-state index in [1.54, 1.807) is 6.56 Å². The Morgan fingerprint density at radius 3 is 1.11 bits per heavy atom. The first-order chi connectivity index (χ1) is 17.7. The molecule has 0 aliphatic heterocycles. The molecular formula is C34H32Cl2SiZr. The van der Waals surface area contributed by atoms with Gasteiger partial charge in [-0.15, -0.1) is 24.8 Å². The summed E-state index contributed by atoms with van der Waals surface area (Å²) >= 11 is -4.19. The number of hydrogen-bond acceptors (Lipinski definition) is 0. The molecule has 0 saturated carbocycles. The summed E-state index contributed by atoms with van der Waals surface area (Å²) in [6.45, 7) is 2.36. The molecule has 6 rings (SSSR count). The van der Waals surface area contributed by atoms with Crippen molar-refractivity contribution in [3.63, 3.8) is 0 Å². The molecule has 4 aromatic carbocycles. The molecule has 0 unspecified atom stereocenters. The van der Waals surface area contributed by atoms with Crippen LogP contribution in [0.25, 0.3) is 11.1 Å². The first kappa shape index (κ1) is 28.5. The van der Waals surface area contributed by atoms with Crippen LogP contribution in [0.4, 0.5) is 0 Å². The van der Waals surface area contributed by atoms with E-state index < -0.39 is 17.4 Å². The molecule has 38 heavy (non-hydrogen) atoms. The third-order valence-electron chi connectivity index (χ3n) is 8.20. The second kappa shape index (κ2) is 11.7. The Balaban J connectivity index is 0.00000168. The van der Waals surface area contributed by atoms with E-state index in [1.807, 2.05) is 0 Å². The van der Waals surface area contributed by atoms with Gasteiger partial charge in [0.05, 0.1) is 0 Å². The van der Waals surface area contributed by atoms with Crippen molar-refractivity contribution in [2.75, 3.05) is 0 Å². The molecule has 0 radical (unpaired) electrons. The van der Waals surface area contributed by atoms with E-state index in [4.69, 9.17) is 0 Å². The summed E-state index contributed by atoms with van der Waals surface area (Å²) in [5.41, 5.74) is 5.34. The average Bonchev–Trinajstić information content (AvgIpc) is 3.67. The van der Waals surface area contributed by atoms with E-state index >= 15 is 0 Å². The van der Waals surface area contributed by atoms with Gasteiger partial charge in [0.1, 0.15) is 0 Å². The van der Waals surface area contributed by atoms with Crippen molar-refractivity contribution in [3.05, 3.63) is 163 Å². The van der Waals surface area contributed by atoms with Gasteiger partial charge in [-0.1, -0.05) is 0 Å². The van der Waals surface area contributed by atoms with E-state index in [2.05, 4.69) is 153 Å². The quantitative estimate of drug-likeness (QED) is 0.194. The normalized spacial score (nSPS) is 14.9. The fourth-order valence-corrected chi connectivity index (χ4v) is 27.0. The summed E-state index contributed by atoms with van der Waals surface area (Å²) in [6.07, 6.45) is 12.0. The topological polar surface area (TPSA) is 0 Å². The van der Waals surface area contributed by atoms with Crippen molar-refractivity contribution in [2.45, 2.75) is 12.8 Å². The fraction of sp³-hybridized carbons (Fsp3) is 0.0588. The van der Waals surface area contributed by atoms with Gasteiger partial charge in [0.2, 0.25) is 0 Å². The van der Waals surface area contributed by atoms with Gasteiger partial charge < -0.3 is 0 Å². The van der Waals surface area contributed by atoms with Crippen molar-refractivity contribution in [1.82, 2.24) is 0 Å². The molecular weight excluding hydrogens is 599 g/mol. The van der Waals surface area contributed by atoms with Crippen LogP contribution < -0.4 is 6.54 Å². The van der Waals surface area contributed by atoms with Gasteiger partial charge in [0.15, 0.2) is 0 Å². The number of halogens is 2. The Labute approximate surface area is 241 Å². The summed E-state index contributed by atoms with van der Waals surface area (Å²) in [5.74, 6) is 0. The van der Waals surface area contributed by atoms with Crippen LogP contribution in [0.2, 0.25) is 0 Å².